The lowest BCUT2D eigenvalue weighted by Crippen LogP contribution is -2.57. The van der Waals surface area contributed by atoms with Crippen molar-refractivity contribution in [3.8, 4) is 0 Å². The Kier molecular flexibility index (Phi) is 6.85. The van der Waals surface area contributed by atoms with Gasteiger partial charge < -0.3 is 10.6 Å². The Morgan fingerprint density at radius 1 is 1.07 bits per heavy atom. The molecular formula is C22H32N6. The smallest absolute Gasteiger partial charge is 0.205 e. The topological polar surface area (TPSA) is 73.7 Å². The Labute approximate surface area is 168 Å². The number of guanidine groups is 2. The largest absolute Gasteiger partial charge is 0.332 e. The number of nitrogens with zero attached hydrogens (tertiary/aromatic N) is 3. The fraction of sp³-hybridized carbons (Fsp3) is 0.500. The fourth-order valence-electron chi connectivity index (χ4n) is 3.27. The third-order valence-corrected chi connectivity index (χ3v) is 4.69. The highest BCUT2D eigenvalue weighted by atomic mass is 15.4. The van der Waals surface area contributed by atoms with E-state index in [1.54, 1.807) is 0 Å². The highest BCUT2D eigenvalue weighted by molar-refractivity contribution is 6.07. The van der Waals surface area contributed by atoms with Crippen LogP contribution in [0.15, 0.2) is 46.5 Å². The highest BCUT2D eigenvalue weighted by Gasteiger charge is 2.24. The van der Waals surface area contributed by atoms with Gasteiger partial charge in [0.1, 0.15) is 5.66 Å². The summed E-state index contributed by atoms with van der Waals surface area (Å²) in [6, 6.07) is 10.2. The maximum atomic E-state index is 4.70. The molecule has 6 nitrogen and oxygen atoms in total. The lowest BCUT2D eigenvalue weighted by molar-refractivity contribution is 0.468. The van der Waals surface area contributed by atoms with Crippen LogP contribution < -0.4 is 16.0 Å². The molecule has 1 aliphatic rings. The summed E-state index contributed by atoms with van der Waals surface area (Å²) in [5.41, 5.74) is 1.46. The number of hydrogen-bond acceptors (Lipinski definition) is 4. The molecule has 0 aliphatic carbocycles. The molecule has 0 atom stereocenters. The van der Waals surface area contributed by atoms with E-state index in [0.717, 1.165) is 35.5 Å². The summed E-state index contributed by atoms with van der Waals surface area (Å²) in [5.74, 6) is 1.45. The number of anilines is 1. The van der Waals surface area contributed by atoms with Crippen LogP contribution in [0.3, 0.4) is 0 Å². The average molecular weight is 381 g/mol. The Morgan fingerprint density at radius 2 is 1.86 bits per heavy atom. The maximum absolute atomic E-state index is 4.70. The quantitative estimate of drug-likeness (QED) is 0.583. The van der Waals surface area contributed by atoms with Crippen molar-refractivity contribution >= 4 is 28.5 Å². The average Bonchev–Trinajstić information content (AvgIpc) is 2.66. The number of unbranched alkanes of at least 4 members (excludes halogenated alkanes) is 5. The standard InChI is InChI=1S/C22H32N6/c1-4-5-6-7-8-11-14-23-20-26-21(28-22(2,3)27-20)25-18-15-17-12-9-10-13-19(17)24-16-18/h9-10,12-13,15-16H,4-8,11,14H2,1-3H3,(H3,23,25,26,27,28). The lowest BCUT2D eigenvalue weighted by Gasteiger charge is -2.31. The van der Waals surface area contributed by atoms with Crippen molar-refractivity contribution in [1.29, 1.82) is 0 Å². The predicted octanol–water partition coefficient (Wildman–Crippen LogP) is 4.65. The summed E-state index contributed by atoms with van der Waals surface area (Å²) in [7, 11) is 0. The second-order valence-corrected chi connectivity index (χ2v) is 7.81. The molecule has 0 radical (unpaired) electrons. The van der Waals surface area contributed by atoms with E-state index in [9.17, 15) is 0 Å². The number of aromatic nitrogens is 1. The number of nitrogens with one attached hydrogen (secondary N) is 3. The molecule has 3 rings (SSSR count). The maximum Gasteiger partial charge on any atom is 0.205 e. The Morgan fingerprint density at radius 3 is 2.71 bits per heavy atom. The van der Waals surface area contributed by atoms with Crippen LogP contribution in [0.4, 0.5) is 5.69 Å². The SMILES string of the molecule is CCCCCCCCN=C1NC(Nc2cnc3ccccc3c2)=NC(C)(C)N1. The molecule has 1 aromatic heterocycles. The van der Waals surface area contributed by atoms with Crippen molar-refractivity contribution < 1.29 is 0 Å². The van der Waals surface area contributed by atoms with Crippen molar-refractivity contribution in [1.82, 2.24) is 15.6 Å². The van der Waals surface area contributed by atoms with Crippen LogP contribution in [0.5, 0.6) is 0 Å². The van der Waals surface area contributed by atoms with Gasteiger partial charge in [0.25, 0.3) is 0 Å². The molecule has 6 heteroatoms. The first-order chi connectivity index (χ1) is 13.6. The van der Waals surface area contributed by atoms with Crippen LogP contribution in [0, 0.1) is 0 Å². The van der Waals surface area contributed by atoms with E-state index in [2.05, 4.69) is 40.0 Å². The van der Waals surface area contributed by atoms with Gasteiger partial charge in [-0.15, -0.1) is 0 Å². The summed E-state index contributed by atoms with van der Waals surface area (Å²) in [6.07, 6.45) is 9.43. The number of hydrogen-bond donors (Lipinski definition) is 3. The minimum absolute atomic E-state index is 0.419. The van der Waals surface area contributed by atoms with Crippen molar-refractivity contribution in [3.63, 3.8) is 0 Å². The molecule has 0 amide bonds. The lowest BCUT2D eigenvalue weighted by atomic mass is 10.1. The molecule has 0 fully saturated rings. The number of fused-ring (bicyclic) bond motifs is 1. The number of aliphatic imine (C=N–C) groups is 2. The summed E-state index contributed by atoms with van der Waals surface area (Å²) in [4.78, 5) is 13.9. The third-order valence-electron chi connectivity index (χ3n) is 4.69. The Bertz CT molecular complexity index is 840. The van der Waals surface area contributed by atoms with Gasteiger partial charge in [-0.2, -0.15) is 0 Å². The molecule has 0 spiro atoms. The van der Waals surface area contributed by atoms with E-state index in [1.807, 2.05) is 38.2 Å². The first kappa shape index (κ1) is 20.1. The van der Waals surface area contributed by atoms with Crippen molar-refractivity contribution in [3.05, 3.63) is 36.5 Å². The van der Waals surface area contributed by atoms with E-state index in [0.29, 0.717) is 5.96 Å². The van der Waals surface area contributed by atoms with E-state index in [4.69, 9.17) is 9.98 Å². The first-order valence-electron chi connectivity index (χ1n) is 10.4. The van der Waals surface area contributed by atoms with Crippen molar-refractivity contribution in [2.24, 2.45) is 9.98 Å². The number of benzene rings is 1. The molecule has 3 N–H and O–H groups in total. The third kappa shape index (κ3) is 5.94. The van der Waals surface area contributed by atoms with Crippen molar-refractivity contribution in [2.45, 2.75) is 65.0 Å². The number of para-hydroxylation sites is 1. The van der Waals surface area contributed by atoms with Gasteiger partial charge in [0.2, 0.25) is 5.96 Å². The van der Waals surface area contributed by atoms with Gasteiger partial charge in [-0.1, -0.05) is 57.2 Å². The molecule has 0 unspecified atom stereocenters. The number of pyridine rings is 1. The van der Waals surface area contributed by atoms with Crippen LogP contribution in [-0.2, 0) is 0 Å². The molecule has 1 aliphatic heterocycles. The van der Waals surface area contributed by atoms with Gasteiger partial charge in [0, 0.05) is 11.9 Å². The fourth-order valence-corrected chi connectivity index (χ4v) is 3.27. The zero-order valence-electron chi connectivity index (χ0n) is 17.3. The van der Waals surface area contributed by atoms with Gasteiger partial charge in [-0.05, 0) is 32.4 Å². The Hall–Kier alpha value is -2.63. The van der Waals surface area contributed by atoms with Crippen LogP contribution >= 0.6 is 0 Å². The molecule has 1 aromatic carbocycles. The zero-order valence-corrected chi connectivity index (χ0v) is 17.3. The minimum atomic E-state index is -0.419. The van der Waals surface area contributed by atoms with Crippen LogP contribution in [0.2, 0.25) is 0 Å². The second kappa shape index (κ2) is 9.53. The van der Waals surface area contributed by atoms with Gasteiger partial charge in [-0.3, -0.25) is 15.3 Å². The summed E-state index contributed by atoms with van der Waals surface area (Å²) in [6.45, 7) is 7.14. The number of rotatable bonds is 8. The van der Waals surface area contributed by atoms with Crippen LogP contribution in [0.25, 0.3) is 10.9 Å². The minimum Gasteiger partial charge on any atom is -0.332 e. The molecule has 0 saturated heterocycles. The molecule has 2 aromatic rings. The zero-order chi connectivity index (χ0) is 19.8. The normalized spacial score (nSPS) is 17.1. The van der Waals surface area contributed by atoms with Gasteiger partial charge in [0.15, 0.2) is 5.96 Å². The molecule has 150 valence electrons. The monoisotopic (exact) mass is 380 g/mol. The predicted molar refractivity (Wildman–Crippen MR) is 119 cm³/mol. The van der Waals surface area contributed by atoms with Gasteiger partial charge in [0.05, 0.1) is 17.4 Å². The Balaban J connectivity index is 1.59. The summed E-state index contributed by atoms with van der Waals surface area (Å²) in [5, 5.41) is 11.0. The van der Waals surface area contributed by atoms with E-state index < -0.39 is 5.66 Å². The van der Waals surface area contributed by atoms with E-state index >= 15 is 0 Å². The first-order valence-corrected chi connectivity index (χ1v) is 10.4. The summed E-state index contributed by atoms with van der Waals surface area (Å²) < 4.78 is 0. The molecule has 28 heavy (non-hydrogen) atoms. The van der Waals surface area contributed by atoms with Crippen LogP contribution in [0.1, 0.15) is 59.3 Å². The summed E-state index contributed by atoms with van der Waals surface area (Å²) >= 11 is 0. The highest BCUT2D eigenvalue weighted by Crippen LogP contribution is 2.17. The van der Waals surface area contributed by atoms with Crippen LogP contribution in [-0.4, -0.2) is 29.1 Å². The second-order valence-electron chi connectivity index (χ2n) is 7.81. The van der Waals surface area contributed by atoms with Gasteiger partial charge >= 0.3 is 0 Å². The van der Waals surface area contributed by atoms with Gasteiger partial charge in [-0.25, -0.2) is 4.99 Å². The van der Waals surface area contributed by atoms with E-state index in [1.165, 1.54) is 32.1 Å². The molecular weight excluding hydrogens is 348 g/mol. The molecule has 0 saturated carbocycles. The molecule has 2 heterocycles. The molecule has 0 bridgehead atoms. The van der Waals surface area contributed by atoms with E-state index in [-0.39, 0.29) is 0 Å². The van der Waals surface area contributed by atoms with Crippen molar-refractivity contribution in [2.75, 3.05) is 11.9 Å².